The van der Waals surface area contributed by atoms with E-state index in [2.05, 4.69) is 17.2 Å². The van der Waals surface area contributed by atoms with Crippen molar-refractivity contribution in [2.45, 2.75) is 0 Å². The largest absolute Gasteiger partial charge is 0.289 e. The van der Waals surface area contributed by atoms with Crippen LogP contribution < -0.4 is 0 Å². The second-order valence-electron chi connectivity index (χ2n) is 5.09. The Kier molecular flexibility index (Phi) is 3.97. The lowest BCUT2D eigenvalue weighted by Gasteiger charge is -2.02. The van der Waals surface area contributed by atoms with Gasteiger partial charge in [-0.1, -0.05) is 54.6 Å². The smallest absolute Gasteiger partial charge is 0.185 e. The molecular formula is C19H16N2O. The molecule has 0 aliphatic carbocycles. The lowest BCUT2D eigenvalue weighted by molar-refractivity contribution is 0.104. The lowest BCUT2D eigenvalue weighted by Crippen LogP contribution is -1.93. The van der Waals surface area contributed by atoms with Gasteiger partial charge >= 0.3 is 0 Å². The first-order valence-electron chi connectivity index (χ1n) is 7.09. The molecule has 3 aromatic rings. The van der Waals surface area contributed by atoms with Gasteiger partial charge in [-0.25, -0.2) is 0 Å². The molecule has 0 aliphatic rings. The first-order valence-corrected chi connectivity index (χ1v) is 7.09. The molecule has 0 radical (unpaired) electrons. The molecule has 1 heterocycles. The molecule has 0 saturated carbocycles. The van der Waals surface area contributed by atoms with Crippen molar-refractivity contribution in [2.75, 3.05) is 0 Å². The summed E-state index contributed by atoms with van der Waals surface area (Å²) >= 11 is 0. The minimum atomic E-state index is -0.0107. The number of aryl methyl sites for hydroxylation is 1. The maximum Gasteiger partial charge on any atom is 0.185 e. The van der Waals surface area contributed by atoms with Crippen LogP contribution in [0.1, 0.15) is 15.9 Å². The Bertz CT molecular complexity index is 799. The van der Waals surface area contributed by atoms with E-state index < -0.39 is 0 Å². The van der Waals surface area contributed by atoms with Gasteiger partial charge < -0.3 is 0 Å². The molecule has 0 atom stereocenters. The number of ketones is 1. The fraction of sp³-hybridized carbons (Fsp3) is 0.0526. The van der Waals surface area contributed by atoms with Crippen molar-refractivity contribution < 1.29 is 4.79 Å². The zero-order valence-electron chi connectivity index (χ0n) is 12.3. The van der Waals surface area contributed by atoms with Crippen LogP contribution in [0.5, 0.6) is 0 Å². The average Bonchev–Trinajstić information content (AvgIpc) is 2.99. The van der Waals surface area contributed by atoms with Crippen LogP contribution >= 0.6 is 0 Å². The second-order valence-corrected chi connectivity index (χ2v) is 5.09. The monoisotopic (exact) mass is 288 g/mol. The van der Waals surface area contributed by atoms with E-state index in [1.165, 1.54) is 0 Å². The van der Waals surface area contributed by atoms with Crippen molar-refractivity contribution in [3.05, 3.63) is 84.2 Å². The Morgan fingerprint density at radius 2 is 1.68 bits per heavy atom. The van der Waals surface area contributed by atoms with E-state index in [1.54, 1.807) is 23.0 Å². The van der Waals surface area contributed by atoms with Gasteiger partial charge in [-0.15, -0.1) is 0 Å². The van der Waals surface area contributed by atoms with Crippen molar-refractivity contribution in [3.8, 4) is 11.1 Å². The maximum absolute atomic E-state index is 12.2. The Morgan fingerprint density at radius 3 is 2.32 bits per heavy atom. The third kappa shape index (κ3) is 3.20. The number of rotatable bonds is 4. The van der Waals surface area contributed by atoms with Crippen LogP contribution in [0.25, 0.3) is 17.2 Å². The number of hydrogen-bond donors (Lipinski definition) is 0. The highest BCUT2D eigenvalue weighted by atomic mass is 16.1. The Morgan fingerprint density at radius 1 is 1.00 bits per heavy atom. The predicted octanol–water partition coefficient (Wildman–Crippen LogP) is 3.98. The molecule has 3 nitrogen and oxygen atoms in total. The number of allylic oxidation sites excluding steroid dienone is 1. The standard InChI is InChI=1S/C19H16N2O/c1-21-14-15(13-20-21)7-12-19(22)18-10-8-17(9-11-18)16-5-3-2-4-6-16/h2-14H,1H3/b12-7+. The van der Waals surface area contributed by atoms with Crippen molar-refractivity contribution in [2.24, 2.45) is 7.05 Å². The minimum Gasteiger partial charge on any atom is -0.289 e. The molecule has 1 aromatic heterocycles. The highest BCUT2D eigenvalue weighted by Gasteiger charge is 2.03. The minimum absolute atomic E-state index is 0.0107. The molecule has 0 fully saturated rings. The average molecular weight is 288 g/mol. The normalized spacial score (nSPS) is 11.0. The van der Waals surface area contributed by atoms with Crippen LogP contribution in [0.3, 0.4) is 0 Å². The van der Waals surface area contributed by atoms with Crippen LogP contribution in [0.2, 0.25) is 0 Å². The Labute approximate surface area is 129 Å². The van der Waals surface area contributed by atoms with Gasteiger partial charge in [0.15, 0.2) is 5.78 Å². The van der Waals surface area contributed by atoms with E-state index in [4.69, 9.17) is 0 Å². The molecule has 0 aliphatic heterocycles. The van der Waals surface area contributed by atoms with Crippen LogP contribution in [0, 0.1) is 0 Å². The number of aromatic nitrogens is 2. The van der Waals surface area contributed by atoms with Crippen LogP contribution in [-0.4, -0.2) is 15.6 Å². The van der Waals surface area contributed by atoms with Gasteiger partial charge in [-0.3, -0.25) is 9.48 Å². The van der Waals surface area contributed by atoms with Gasteiger partial charge in [0, 0.05) is 24.4 Å². The fourth-order valence-corrected chi connectivity index (χ4v) is 2.25. The van der Waals surface area contributed by atoms with Gasteiger partial charge in [-0.2, -0.15) is 5.10 Å². The summed E-state index contributed by atoms with van der Waals surface area (Å²) in [5, 5.41) is 4.07. The molecule has 3 heteroatoms. The van der Waals surface area contributed by atoms with Gasteiger partial charge in [-0.05, 0) is 23.3 Å². The van der Waals surface area contributed by atoms with E-state index >= 15 is 0 Å². The van der Waals surface area contributed by atoms with Crippen LogP contribution in [0.15, 0.2) is 73.1 Å². The van der Waals surface area contributed by atoms with Gasteiger partial charge in [0.1, 0.15) is 0 Å². The zero-order valence-corrected chi connectivity index (χ0v) is 12.3. The molecule has 3 rings (SSSR count). The summed E-state index contributed by atoms with van der Waals surface area (Å²) in [5.41, 5.74) is 3.84. The molecule has 0 N–H and O–H groups in total. The molecule has 0 unspecified atom stereocenters. The highest BCUT2D eigenvalue weighted by molar-refractivity contribution is 6.07. The lowest BCUT2D eigenvalue weighted by atomic mass is 10.0. The topological polar surface area (TPSA) is 34.9 Å². The number of nitrogens with zero attached hydrogens (tertiary/aromatic N) is 2. The van der Waals surface area contributed by atoms with Crippen LogP contribution in [0.4, 0.5) is 0 Å². The summed E-state index contributed by atoms with van der Waals surface area (Å²) in [6, 6.07) is 17.8. The molecule has 0 bridgehead atoms. The van der Waals surface area contributed by atoms with Crippen molar-refractivity contribution in [3.63, 3.8) is 0 Å². The molecule has 22 heavy (non-hydrogen) atoms. The Balaban J connectivity index is 1.75. The first kappa shape index (κ1) is 14.0. The second kappa shape index (κ2) is 6.22. The van der Waals surface area contributed by atoms with Gasteiger partial charge in [0.2, 0.25) is 0 Å². The highest BCUT2D eigenvalue weighted by Crippen LogP contribution is 2.19. The summed E-state index contributed by atoms with van der Waals surface area (Å²) in [4.78, 5) is 12.2. The third-order valence-electron chi connectivity index (χ3n) is 3.43. The SMILES string of the molecule is Cn1cc(/C=C/C(=O)c2ccc(-c3ccccc3)cc2)cn1. The van der Waals surface area contributed by atoms with E-state index in [-0.39, 0.29) is 5.78 Å². The number of benzene rings is 2. The van der Waals surface area contributed by atoms with E-state index in [0.29, 0.717) is 5.56 Å². The van der Waals surface area contributed by atoms with Crippen LogP contribution in [-0.2, 0) is 7.05 Å². The summed E-state index contributed by atoms with van der Waals surface area (Å²) in [6.07, 6.45) is 6.94. The van der Waals surface area contributed by atoms with Crippen molar-refractivity contribution in [1.29, 1.82) is 0 Å². The number of carbonyl (C=O) groups excluding carboxylic acids is 1. The molecule has 2 aromatic carbocycles. The summed E-state index contributed by atoms with van der Waals surface area (Å²) < 4.78 is 1.71. The summed E-state index contributed by atoms with van der Waals surface area (Å²) in [6.45, 7) is 0. The summed E-state index contributed by atoms with van der Waals surface area (Å²) in [5.74, 6) is -0.0107. The Hall–Kier alpha value is -2.94. The van der Waals surface area contributed by atoms with Crippen molar-refractivity contribution >= 4 is 11.9 Å². The first-order chi connectivity index (χ1) is 10.7. The fourth-order valence-electron chi connectivity index (χ4n) is 2.25. The molecule has 0 amide bonds. The summed E-state index contributed by atoms with van der Waals surface area (Å²) in [7, 11) is 1.85. The van der Waals surface area contributed by atoms with Crippen molar-refractivity contribution in [1.82, 2.24) is 9.78 Å². The number of carbonyl (C=O) groups is 1. The molecule has 0 spiro atoms. The van der Waals surface area contributed by atoms with E-state index in [1.807, 2.05) is 55.7 Å². The third-order valence-corrected chi connectivity index (χ3v) is 3.43. The van der Waals surface area contributed by atoms with E-state index in [0.717, 1.165) is 16.7 Å². The predicted molar refractivity (Wildman–Crippen MR) is 88.5 cm³/mol. The quantitative estimate of drug-likeness (QED) is 0.537. The zero-order chi connectivity index (χ0) is 15.4. The van der Waals surface area contributed by atoms with Gasteiger partial charge in [0.05, 0.1) is 6.20 Å². The van der Waals surface area contributed by atoms with Gasteiger partial charge in [0.25, 0.3) is 0 Å². The number of hydrogen-bond acceptors (Lipinski definition) is 2. The molecule has 108 valence electrons. The molecular weight excluding hydrogens is 272 g/mol. The molecule has 0 saturated heterocycles. The van der Waals surface area contributed by atoms with E-state index in [9.17, 15) is 4.79 Å². The maximum atomic E-state index is 12.2.